The average molecular weight is 1410 g/mol. The SMILES string of the molecule is CCc1cc(N)c(OCc2ccccc2)c(NC(=O)[C@@H]2C[C@H](NC(=O)c3cc(CC)cc(NC(=O)[C@H]4C[C@@H](N(C(=O)OC(C)(C)C)C(=O)c5cc(CC)cc(NC(=O)[C@@H]6C[C@H](NC(=O)OC(C)(C)C)[C@@H](C)C[C@H]6C)c5OCc5ccccc5)[C@H](C)C[C@@H]4C)c3OCc3ccccc3)[C@@H](C)C[C@H]2C)c1. The number of anilines is 4. The van der Waals surface area contributed by atoms with Crippen LogP contribution in [0.4, 0.5) is 32.3 Å². The van der Waals surface area contributed by atoms with Crippen LogP contribution in [0.2, 0.25) is 0 Å². The Labute approximate surface area is 609 Å². The normalized spacial score (nSPS) is 22.6. The molecule has 3 saturated carbocycles. The van der Waals surface area contributed by atoms with Gasteiger partial charge in [0.1, 0.15) is 31.0 Å². The van der Waals surface area contributed by atoms with Gasteiger partial charge in [-0.05, 0) is 205 Å². The first-order chi connectivity index (χ1) is 48.9. The van der Waals surface area contributed by atoms with Crippen molar-refractivity contribution in [3.8, 4) is 17.2 Å². The molecule has 6 aromatic rings. The summed E-state index contributed by atoms with van der Waals surface area (Å²) in [6, 6.07) is 37.9. The number of nitrogens with zero attached hydrogens (tertiary/aromatic N) is 1. The fourth-order valence-corrected chi connectivity index (χ4v) is 15.0. The zero-order chi connectivity index (χ0) is 74.6. The number of amides is 7. The minimum absolute atomic E-state index is 0.00224. The molecule has 6 aromatic carbocycles. The van der Waals surface area contributed by atoms with Crippen molar-refractivity contribution in [2.45, 2.75) is 211 Å². The summed E-state index contributed by atoms with van der Waals surface area (Å²) in [5, 5.41) is 16.0. The van der Waals surface area contributed by atoms with Crippen LogP contribution in [-0.2, 0) is 62.9 Å². The molecule has 0 aliphatic heterocycles. The van der Waals surface area contributed by atoms with Crippen LogP contribution in [0.25, 0.3) is 0 Å². The van der Waals surface area contributed by atoms with Gasteiger partial charge in [0, 0.05) is 35.9 Å². The van der Waals surface area contributed by atoms with Crippen LogP contribution in [0.3, 0.4) is 0 Å². The zero-order valence-corrected chi connectivity index (χ0v) is 63.0. The van der Waals surface area contributed by atoms with Gasteiger partial charge >= 0.3 is 12.2 Å². The lowest BCUT2D eigenvalue weighted by atomic mass is 9.71. The molecule has 552 valence electrons. The Kier molecular flexibility index (Phi) is 25.9. The predicted octanol–water partition coefficient (Wildman–Crippen LogP) is 16.7. The molecule has 3 aliphatic rings. The van der Waals surface area contributed by atoms with E-state index >= 15 is 19.2 Å². The summed E-state index contributed by atoms with van der Waals surface area (Å²) in [5.41, 5.74) is 11.4. The number of hydrogen-bond acceptors (Lipinski definition) is 13. The number of alkyl carbamates (subject to hydrolysis) is 1. The third-order valence-corrected chi connectivity index (χ3v) is 20.6. The van der Waals surface area contributed by atoms with Crippen molar-refractivity contribution >= 4 is 64.5 Å². The van der Waals surface area contributed by atoms with E-state index in [4.69, 9.17) is 29.4 Å². The number of carbonyl (C=O) groups excluding carboxylic acids is 7. The number of ether oxygens (including phenoxy) is 5. The minimum atomic E-state index is -1.06. The van der Waals surface area contributed by atoms with Gasteiger partial charge < -0.3 is 56.0 Å². The predicted molar refractivity (Wildman–Crippen MR) is 404 cm³/mol. The van der Waals surface area contributed by atoms with Crippen LogP contribution in [0.15, 0.2) is 127 Å². The lowest BCUT2D eigenvalue weighted by molar-refractivity contribution is -0.124. The fraction of sp³-hybridized carbons (Fsp3) is 0.488. The van der Waals surface area contributed by atoms with E-state index < -0.39 is 70.9 Å². The first kappa shape index (κ1) is 77.8. The van der Waals surface area contributed by atoms with Crippen molar-refractivity contribution in [2.24, 2.45) is 53.3 Å². The molecule has 3 aliphatic carbocycles. The summed E-state index contributed by atoms with van der Waals surface area (Å²) in [4.78, 5) is 106. The number of carbonyl (C=O) groups is 7. The molecule has 7 N–H and O–H groups in total. The summed E-state index contributed by atoms with van der Waals surface area (Å²) in [6.07, 6.45) is 2.55. The van der Waals surface area contributed by atoms with Gasteiger partial charge in [-0.2, -0.15) is 0 Å². The molecular weight excluding hydrogens is 1300 g/mol. The Balaban J connectivity index is 1.02. The molecule has 0 heterocycles. The maximum absolute atomic E-state index is 16.2. The second-order valence-corrected chi connectivity index (χ2v) is 31.1. The standard InChI is InChI=1S/C84H109N7O12/c1-16-55-37-64(79(95)86-67-43-61(49(4)34-52(67)7)77(93)89-71-42-57(18-3)39-66(85)75(71)101-48-60-32-26-21-27-33-60)73(99-46-58-28-22-19-23-29-58)69(40-55)87-78(94)63-45-72(54(9)36-51(63)6)91(82(98)103-84(13,14)15)80(96)65-38-56(17-2)41-70(74(65)100-47-59-30-24-20-25-31-59)88-76(92)62-44-68(53(8)35-50(62)5)90-81(97)102-83(10,11)12/h19-33,37-42,49-54,61-63,67-68,72H,16-18,34-36,43-48,85H2,1-15H3,(H,86,95)(H,87,94)(H,88,92)(H,89,93)(H,90,97)/t49-,50-,51+,52+,53+,54-,61-,62-,63+,67+,68+,72-/m1/s1. The van der Waals surface area contributed by atoms with Gasteiger partial charge in [0.2, 0.25) is 17.7 Å². The lowest BCUT2D eigenvalue weighted by Crippen LogP contribution is -2.54. The molecule has 3 fully saturated rings. The van der Waals surface area contributed by atoms with Gasteiger partial charge in [-0.15, -0.1) is 0 Å². The van der Waals surface area contributed by atoms with Crippen molar-refractivity contribution in [1.29, 1.82) is 0 Å². The van der Waals surface area contributed by atoms with Crippen LogP contribution >= 0.6 is 0 Å². The van der Waals surface area contributed by atoms with Gasteiger partial charge in [-0.3, -0.25) is 24.0 Å². The van der Waals surface area contributed by atoms with Gasteiger partial charge in [0.05, 0.1) is 33.9 Å². The molecule has 9 rings (SSSR count). The minimum Gasteiger partial charge on any atom is -0.486 e. The van der Waals surface area contributed by atoms with E-state index in [2.05, 4.69) is 47.4 Å². The van der Waals surface area contributed by atoms with Gasteiger partial charge in [-0.25, -0.2) is 14.5 Å². The molecule has 0 spiro atoms. The Morgan fingerprint density at radius 2 is 0.796 bits per heavy atom. The van der Waals surface area contributed by atoms with Crippen LogP contribution in [0, 0.1) is 53.3 Å². The monoisotopic (exact) mass is 1410 g/mol. The molecule has 0 saturated heterocycles. The number of nitrogens with one attached hydrogen (secondary N) is 5. The van der Waals surface area contributed by atoms with Crippen LogP contribution < -0.4 is 46.5 Å². The highest BCUT2D eigenvalue weighted by Crippen LogP contribution is 2.44. The fourth-order valence-electron chi connectivity index (χ4n) is 15.0. The van der Waals surface area contributed by atoms with Crippen LogP contribution in [-0.4, -0.2) is 75.9 Å². The van der Waals surface area contributed by atoms with Crippen molar-refractivity contribution in [1.82, 2.24) is 15.5 Å². The van der Waals surface area contributed by atoms with E-state index in [0.717, 1.165) is 32.7 Å². The smallest absolute Gasteiger partial charge is 0.417 e. The quantitative estimate of drug-likeness (QED) is 0.0327. The van der Waals surface area contributed by atoms with E-state index in [1.54, 1.807) is 59.7 Å². The van der Waals surface area contributed by atoms with Gasteiger partial charge in [0.25, 0.3) is 11.8 Å². The molecule has 0 bridgehead atoms. The van der Waals surface area contributed by atoms with Crippen molar-refractivity contribution in [3.63, 3.8) is 0 Å². The molecule has 12 atom stereocenters. The maximum atomic E-state index is 16.2. The Bertz CT molecular complexity index is 3970. The number of aryl methyl sites for hydroxylation is 3. The Morgan fingerprint density at radius 3 is 1.22 bits per heavy atom. The summed E-state index contributed by atoms with van der Waals surface area (Å²) in [5.74, 6) is -4.11. The average Bonchev–Trinajstić information content (AvgIpc) is 0.770. The number of nitrogens with two attached hydrogens (primary N) is 1. The number of nitrogen functional groups attached to an aromatic ring is 1. The highest BCUT2D eigenvalue weighted by atomic mass is 16.6. The molecule has 19 nitrogen and oxygen atoms in total. The Hall–Kier alpha value is -9.39. The van der Waals surface area contributed by atoms with Crippen molar-refractivity contribution in [3.05, 3.63) is 172 Å². The summed E-state index contributed by atoms with van der Waals surface area (Å²) >= 11 is 0. The van der Waals surface area contributed by atoms with E-state index in [-0.39, 0.29) is 114 Å². The third-order valence-electron chi connectivity index (χ3n) is 20.6. The Morgan fingerprint density at radius 1 is 0.427 bits per heavy atom. The molecule has 0 unspecified atom stereocenters. The van der Waals surface area contributed by atoms with E-state index in [1.165, 1.54) is 0 Å². The van der Waals surface area contributed by atoms with E-state index in [9.17, 15) is 14.4 Å². The molecule has 7 amide bonds. The molecule has 19 heteroatoms. The number of rotatable bonds is 23. The summed E-state index contributed by atoms with van der Waals surface area (Å²) in [6.45, 7) is 29.0. The number of hydrogen-bond donors (Lipinski definition) is 6. The van der Waals surface area contributed by atoms with Crippen molar-refractivity contribution < 1.29 is 57.2 Å². The van der Waals surface area contributed by atoms with E-state index in [1.807, 2.05) is 151 Å². The molecule has 0 radical (unpaired) electrons. The molecule has 103 heavy (non-hydrogen) atoms. The molecule has 0 aromatic heterocycles. The van der Waals surface area contributed by atoms with Crippen LogP contribution in [0.1, 0.15) is 196 Å². The topological polar surface area (TPSA) is 255 Å². The number of benzene rings is 6. The van der Waals surface area contributed by atoms with E-state index in [0.29, 0.717) is 74.1 Å². The van der Waals surface area contributed by atoms with Crippen LogP contribution in [0.5, 0.6) is 17.2 Å². The highest BCUT2D eigenvalue weighted by molar-refractivity contribution is 6.08. The summed E-state index contributed by atoms with van der Waals surface area (Å²) < 4.78 is 31.5. The largest absolute Gasteiger partial charge is 0.486 e. The number of imide groups is 1. The first-order valence-electron chi connectivity index (χ1n) is 37.0. The second kappa shape index (κ2) is 34.3. The third kappa shape index (κ3) is 20.3. The van der Waals surface area contributed by atoms with Crippen molar-refractivity contribution in [2.75, 3.05) is 21.7 Å². The van der Waals surface area contributed by atoms with Gasteiger partial charge in [-0.1, -0.05) is 153 Å². The maximum Gasteiger partial charge on any atom is 0.417 e. The lowest BCUT2D eigenvalue weighted by Gasteiger charge is -2.43. The second-order valence-electron chi connectivity index (χ2n) is 31.1. The highest BCUT2D eigenvalue weighted by Gasteiger charge is 2.47. The first-order valence-corrected chi connectivity index (χ1v) is 37.0. The van der Waals surface area contributed by atoms with Gasteiger partial charge in [0.15, 0.2) is 17.2 Å². The zero-order valence-electron chi connectivity index (χ0n) is 63.0. The summed E-state index contributed by atoms with van der Waals surface area (Å²) in [7, 11) is 0. The molecular formula is C84H109N7O12.